The largest absolute Gasteiger partial charge is 0.394 e. The quantitative estimate of drug-likeness (QED) is 0.438. The number of carbonyl (C=O) groups is 1. The first-order chi connectivity index (χ1) is 10.6. The van der Waals surface area contributed by atoms with E-state index in [9.17, 15) is 28.4 Å². The van der Waals surface area contributed by atoms with E-state index in [-0.39, 0.29) is 5.82 Å². The second kappa shape index (κ2) is 6.55. The molecule has 1 aliphatic rings. The molecule has 2 rings (SSSR count). The summed E-state index contributed by atoms with van der Waals surface area (Å²) in [6, 6.07) is 0. The summed E-state index contributed by atoms with van der Waals surface area (Å²) in [5.41, 5.74) is 4.96. The fourth-order valence-corrected chi connectivity index (χ4v) is 2.31. The van der Waals surface area contributed by atoms with Crippen molar-refractivity contribution >= 4 is 13.5 Å². The number of hydrogen-bond acceptors (Lipinski definition) is 8. The van der Waals surface area contributed by atoms with Crippen molar-refractivity contribution in [3.63, 3.8) is 0 Å². The van der Waals surface area contributed by atoms with Gasteiger partial charge in [0.2, 0.25) is 5.82 Å². The monoisotopic (exact) mass is 358 g/mol. The van der Waals surface area contributed by atoms with Crippen molar-refractivity contribution in [2.24, 2.45) is 5.73 Å². The van der Waals surface area contributed by atoms with Crippen molar-refractivity contribution < 1.29 is 42.5 Å². The van der Waals surface area contributed by atoms with Crippen molar-refractivity contribution in [3.8, 4) is 0 Å². The van der Waals surface area contributed by atoms with Gasteiger partial charge in [-0.3, -0.25) is 9.36 Å². The fraction of sp³-hybridized carbons (Fsp3) is 0.667. The Morgan fingerprint density at radius 1 is 1.52 bits per heavy atom. The zero-order chi connectivity index (χ0) is 17.4. The molecule has 0 bridgehead atoms. The van der Waals surface area contributed by atoms with E-state index >= 15 is 0 Å². The molecule has 1 saturated heterocycles. The topological polar surface area (TPSA) is 170 Å². The summed E-state index contributed by atoms with van der Waals surface area (Å²) < 4.78 is 45.6. The minimum absolute atomic E-state index is 0.368. The molecule has 0 aromatic carbocycles. The maximum Gasteiger partial charge on any atom is 0.394 e. The SMILES string of the molecule is NC(=O)c1ncn([C@@H]2O[C@H](COP(=O)(O)C(F)F)[C@@H](O)[C@H]2O)n1. The Morgan fingerprint density at radius 3 is 2.70 bits per heavy atom. The highest BCUT2D eigenvalue weighted by molar-refractivity contribution is 7.53. The van der Waals surface area contributed by atoms with E-state index in [1.807, 2.05) is 0 Å². The molecule has 2 heterocycles. The summed E-state index contributed by atoms with van der Waals surface area (Å²) in [4.78, 5) is 23.3. The maximum atomic E-state index is 12.2. The second-order valence-electron chi connectivity index (χ2n) is 4.60. The minimum atomic E-state index is -5.17. The third-order valence-corrected chi connectivity index (χ3v) is 4.01. The zero-order valence-corrected chi connectivity index (χ0v) is 12.2. The standard InChI is InChI=1S/C9H13F2N4O7P/c10-9(11)23(19,20)21-1-3-4(16)5(17)8(22-3)15-2-13-7(14-15)6(12)18/h2-5,8-9,16-17H,1H2,(H2,12,18)(H,19,20)/t3-,4-,5-,8-/m1/s1. The Balaban J connectivity index is 2.05. The smallest absolute Gasteiger partial charge is 0.387 e. The van der Waals surface area contributed by atoms with Crippen LogP contribution in [-0.2, 0) is 13.8 Å². The molecule has 5 atom stereocenters. The van der Waals surface area contributed by atoms with E-state index in [0.29, 0.717) is 0 Å². The van der Waals surface area contributed by atoms with Crippen LogP contribution < -0.4 is 5.73 Å². The van der Waals surface area contributed by atoms with Crippen LogP contribution in [0.25, 0.3) is 0 Å². The predicted molar refractivity (Wildman–Crippen MR) is 66.2 cm³/mol. The van der Waals surface area contributed by atoms with E-state index in [1.54, 1.807) is 0 Å². The van der Waals surface area contributed by atoms with E-state index in [4.69, 9.17) is 15.4 Å². The van der Waals surface area contributed by atoms with Gasteiger partial charge in [0.1, 0.15) is 24.6 Å². The summed E-state index contributed by atoms with van der Waals surface area (Å²) in [5.74, 6) is -1.30. The number of aromatic nitrogens is 3. The van der Waals surface area contributed by atoms with E-state index in [1.165, 1.54) is 0 Å². The lowest BCUT2D eigenvalue weighted by atomic mass is 10.1. The Morgan fingerprint density at radius 2 is 2.17 bits per heavy atom. The number of aliphatic hydroxyl groups is 2. The van der Waals surface area contributed by atoms with Gasteiger partial charge >= 0.3 is 13.8 Å². The number of rotatable bonds is 6. The molecule has 0 radical (unpaired) electrons. The van der Waals surface area contributed by atoms with Gasteiger partial charge in [-0.1, -0.05) is 0 Å². The second-order valence-corrected chi connectivity index (χ2v) is 6.37. The molecule has 1 unspecified atom stereocenters. The first-order valence-corrected chi connectivity index (χ1v) is 7.76. The Bertz CT molecular complexity index is 629. The first kappa shape index (κ1) is 17.8. The molecule has 0 spiro atoms. The van der Waals surface area contributed by atoms with Crippen LogP contribution in [0.15, 0.2) is 6.33 Å². The van der Waals surface area contributed by atoms with Gasteiger partial charge in [0.05, 0.1) is 6.61 Å². The molecule has 11 nitrogen and oxygen atoms in total. The van der Waals surface area contributed by atoms with Crippen LogP contribution in [0.2, 0.25) is 0 Å². The fourth-order valence-electron chi connectivity index (χ4n) is 1.83. The summed E-state index contributed by atoms with van der Waals surface area (Å²) in [7, 11) is -5.17. The Kier molecular flexibility index (Phi) is 5.08. The molecule has 14 heteroatoms. The summed E-state index contributed by atoms with van der Waals surface area (Å²) in [5, 5.41) is 23.2. The van der Waals surface area contributed by atoms with Crippen LogP contribution in [0.3, 0.4) is 0 Å². The normalized spacial score (nSPS) is 30.5. The third-order valence-electron chi connectivity index (χ3n) is 3.00. The van der Waals surface area contributed by atoms with E-state index in [0.717, 1.165) is 11.0 Å². The van der Waals surface area contributed by atoms with E-state index in [2.05, 4.69) is 14.6 Å². The van der Waals surface area contributed by atoms with Crippen LogP contribution in [0.1, 0.15) is 16.8 Å². The molecule has 130 valence electrons. The van der Waals surface area contributed by atoms with Crippen LogP contribution >= 0.6 is 7.60 Å². The number of primary amides is 1. The molecule has 0 aliphatic carbocycles. The van der Waals surface area contributed by atoms with Crippen molar-refractivity contribution in [1.82, 2.24) is 14.8 Å². The number of nitrogens with two attached hydrogens (primary N) is 1. The highest BCUT2D eigenvalue weighted by atomic mass is 31.2. The molecule has 1 aromatic heterocycles. The molecule has 1 fully saturated rings. The summed E-state index contributed by atoms with van der Waals surface area (Å²) in [6.07, 6.45) is -8.50. The van der Waals surface area contributed by atoms with Crippen molar-refractivity contribution in [3.05, 3.63) is 12.2 Å². The number of hydrogen-bond donors (Lipinski definition) is 4. The van der Waals surface area contributed by atoms with Crippen LogP contribution in [0.5, 0.6) is 0 Å². The summed E-state index contributed by atoms with van der Waals surface area (Å²) >= 11 is 0. The average molecular weight is 358 g/mol. The lowest BCUT2D eigenvalue weighted by Gasteiger charge is -2.17. The predicted octanol–water partition coefficient (Wildman–Crippen LogP) is -1.58. The van der Waals surface area contributed by atoms with Gasteiger partial charge in [-0.2, -0.15) is 8.78 Å². The van der Waals surface area contributed by atoms with E-state index < -0.39 is 50.8 Å². The third kappa shape index (κ3) is 3.71. The number of carbonyl (C=O) groups excluding carboxylic acids is 1. The Labute approximate surface area is 127 Å². The number of aliphatic hydroxyl groups excluding tert-OH is 2. The highest BCUT2D eigenvalue weighted by Gasteiger charge is 2.46. The van der Waals surface area contributed by atoms with Gasteiger partial charge in [0, 0.05) is 0 Å². The number of amides is 1. The van der Waals surface area contributed by atoms with Crippen molar-refractivity contribution in [1.29, 1.82) is 0 Å². The first-order valence-electron chi connectivity index (χ1n) is 6.11. The number of ether oxygens (including phenoxy) is 1. The van der Waals surface area contributed by atoms with Gasteiger partial charge in [-0.15, -0.1) is 5.10 Å². The molecule has 1 aliphatic heterocycles. The van der Waals surface area contributed by atoms with Crippen molar-refractivity contribution in [2.45, 2.75) is 30.7 Å². The minimum Gasteiger partial charge on any atom is -0.387 e. The van der Waals surface area contributed by atoms with Gasteiger partial charge in [0.15, 0.2) is 6.23 Å². The van der Waals surface area contributed by atoms with Gasteiger partial charge < -0.3 is 30.1 Å². The van der Waals surface area contributed by atoms with Crippen LogP contribution in [-0.4, -0.2) is 66.9 Å². The lowest BCUT2D eigenvalue weighted by Crippen LogP contribution is -2.33. The molecule has 23 heavy (non-hydrogen) atoms. The van der Waals surface area contributed by atoms with Gasteiger partial charge in [0.25, 0.3) is 5.91 Å². The number of alkyl halides is 2. The van der Waals surface area contributed by atoms with Crippen molar-refractivity contribution in [2.75, 3.05) is 6.61 Å². The molecular formula is C9H13F2N4O7P. The zero-order valence-electron chi connectivity index (χ0n) is 11.3. The molecule has 1 aromatic rings. The van der Waals surface area contributed by atoms with Crippen LogP contribution in [0, 0.1) is 0 Å². The molecule has 1 amide bonds. The van der Waals surface area contributed by atoms with Gasteiger partial charge in [-0.25, -0.2) is 9.67 Å². The lowest BCUT2D eigenvalue weighted by molar-refractivity contribution is -0.0575. The maximum absolute atomic E-state index is 12.2. The number of nitrogens with zero attached hydrogens (tertiary/aromatic N) is 3. The number of halogens is 2. The molecule has 0 saturated carbocycles. The van der Waals surface area contributed by atoms with Gasteiger partial charge in [-0.05, 0) is 0 Å². The molecular weight excluding hydrogens is 345 g/mol. The average Bonchev–Trinajstić information content (AvgIpc) is 3.04. The Hall–Kier alpha value is -1.50. The van der Waals surface area contributed by atoms with Crippen LogP contribution in [0.4, 0.5) is 8.78 Å². The molecule has 5 N–H and O–H groups in total. The highest BCUT2D eigenvalue weighted by Crippen LogP contribution is 2.49. The summed E-state index contributed by atoms with van der Waals surface area (Å²) in [6.45, 7) is -0.871.